The summed E-state index contributed by atoms with van der Waals surface area (Å²) in [5.41, 5.74) is 2.65. The number of methoxy groups -OCH3 is 1. The minimum Gasteiger partial charge on any atom is -0.497 e. The second-order valence-corrected chi connectivity index (χ2v) is 7.87. The molecule has 1 heterocycles. The van der Waals surface area contributed by atoms with Gasteiger partial charge in [-0.3, -0.25) is 9.59 Å². The van der Waals surface area contributed by atoms with E-state index in [2.05, 4.69) is 10.3 Å². The highest BCUT2D eigenvalue weighted by Crippen LogP contribution is 2.31. The lowest BCUT2D eigenvalue weighted by molar-refractivity contribution is -0.142. The third-order valence-corrected chi connectivity index (χ3v) is 5.36. The van der Waals surface area contributed by atoms with Crippen LogP contribution in [0, 0.1) is 0 Å². The van der Waals surface area contributed by atoms with Crippen LogP contribution in [0.15, 0.2) is 66.7 Å². The van der Waals surface area contributed by atoms with E-state index in [-0.39, 0.29) is 18.3 Å². The lowest BCUT2D eigenvalue weighted by atomic mass is 10.1. The predicted octanol–water partition coefficient (Wildman–Crippen LogP) is 5.98. The summed E-state index contributed by atoms with van der Waals surface area (Å²) in [7, 11) is 1.60. The molecule has 1 aromatic heterocycles. The van der Waals surface area contributed by atoms with Gasteiger partial charge in [0, 0.05) is 16.6 Å². The van der Waals surface area contributed by atoms with Crippen molar-refractivity contribution in [1.82, 2.24) is 4.98 Å². The monoisotopic (exact) mass is 478 g/mol. The molecule has 174 valence electrons. The number of carbonyl (C=O) groups excluding carboxylic acids is 2. The molecular weight excluding hydrogens is 456 g/mol. The van der Waals surface area contributed by atoms with Gasteiger partial charge < -0.3 is 24.5 Å². The summed E-state index contributed by atoms with van der Waals surface area (Å²) < 4.78 is 16.0. The van der Waals surface area contributed by atoms with Gasteiger partial charge >= 0.3 is 5.97 Å². The van der Waals surface area contributed by atoms with Crippen LogP contribution in [-0.4, -0.2) is 30.6 Å². The quantitative estimate of drug-likeness (QED) is 0.304. The Morgan fingerprint density at radius 1 is 0.971 bits per heavy atom. The number of esters is 1. The number of ether oxygens (including phenoxy) is 3. The molecule has 0 aliphatic carbocycles. The van der Waals surface area contributed by atoms with E-state index in [9.17, 15) is 9.59 Å². The Bertz CT molecular complexity index is 1330. The van der Waals surface area contributed by atoms with Gasteiger partial charge in [-0.05, 0) is 73.2 Å². The van der Waals surface area contributed by atoms with Crippen LogP contribution in [-0.2, 0) is 16.0 Å². The average Bonchev–Trinajstić information content (AvgIpc) is 3.26. The first-order valence-electron chi connectivity index (χ1n) is 10.6. The Hall–Kier alpha value is -3.97. The number of amides is 1. The zero-order valence-corrected chi connectivity index (χ0v) is 19.4. The zero-order valence-electron chi connectivity index (χ0n) is 18.7. The van der Waals surface area contributed by atoms with Crippen LogP contribution in [0.25, 0.3) is 10.9 Å². The van der Waals surface area contributed by atoms with E-state index in [0.717, 1.165) is 22.2 Å². The molecule has 0 aliphatic rings. The van der Waals surface area contributed by atoms with Crippen molar-refractivity contribution in [2.24, 2.45) is 0 Å². The van der Waals surface area contributed by atoms with E-state index in [1.165, 1.54) is 0 Å². The van der Waals surface area contributed by atoms with Crippen molar-refractivity contribution in [2.75, 3.05) is 19.0 Å². The molecule has 8 heteroatoms. The maximum Gasteiger partial charge on any atom is 0.310 e. The van der Waals surface area contributed by atoms with Crippen molar-refractivity contribution < 1.29 is 23.8 Å². The maximum atomic E-state index is 12.7. The molecular formula is C26H23ClN2O5. The smallest absolute Gasteiger partial charge is 0.310 e. The molecule has 3 aromatic carbocycles. The number of benzene rings is 3. The van der Waals surface area contributed by atoms with Gasteiger partial charge in [-0.25, -0.2) is 0 Å². The third kappa shape index (κ3) is 5.50. The highest BCUT2D eigenvalue weighted by atomic mass is 35.5. The molecule has 34 heavy (non-hydrogen) atoms. The second-order valence-electron chi connectivity index (χ2n) is 7.46. The molecule has 7 nitrogen and oxygen atoms in total. The summed E-state index contributed by atoms with van der Waals surface area (Å²) in [5, 5.41) is 4.13. The minimum atomic E-state index is -0.308. The van der Waals surface area contributed by atoms with E-state index >= 15 is 0 Å². The highest BCUT2D eigenvalue weighted by molar-refractivity contribution is 6.32. The van der Waals surface area contributed by atoms with E-state index in [0.29, 0.717) is 34.5 Å². The fourth-order valence-electron chi connectivity index (χ4n) is 3.41. The third-order valence-electron chi connectivity index (χ3n) is 5.06. The van der Waals surface area contributed by atoms with Crippen molar-refractivity contribution in [1.29, 1.82) is 0 Å². The van der Waals surface area contributed by atoms with Gasteiger partial charge in [-0.15, -0.1) is 0 Å². The van der Waals surface area contributed by atoms with E-state index in [1.54, 1.807) is 62.6 Å². The molecule has 0 spiro atoms. The van der Waals surface area contributed by atoms with Crippen molar-refractivity contribution in [3.63, 3.8) is 0 Å². The number of anilines is 1. The Morgan fingerprint density at radius 2 is 1.74 bits per heavy atom. The number of nitrogens with one attached hydrogen (secondary N) is 2. The van der Waals surface area contributed by atoms with Crippen LogP contribution < -0.4 is 14.8 Å². The van der Waals surface area contributed by atoms with Crippen LogP contribution in [0.5, 0.6) is 17.2 Å². The van der Waals surface area contributed by atoms with Gasteiger partial charge in [0.1, 0.15) is 22.9 Å². The lowest BCUT2D eigenvalue weighted by Crippen LogP contribution is -2.12. The van der Waals surface area contributed by atoms with E-state index in [1.807, 2.05) is 18.2 Å². The standard InChI is InChI=1S/C26H23ClN2O5/c1-3-33-25(30)13-16-4-11-24(21(27)12-16)34-19-7-5-18(6-8-19)28-26(31)23-15-17-14-20(32-2)9-10-22(17)29-23/h4-12,14-15,29H,3,13H2,1-2H3,(H,28,31). The maximum absolute atomic E-state index is 12.7. The molecule has 0 saturated carbocycles. The van der Waals surface area contributed by atoms with Gasteiger partial charge in [0.25, 0.3) is 5.91 Å². The SMILES string of the molecule is CCOC(=O)Cc1ccc(Oc2ccc(NC(=O)c3cc4cc(OC)ccc4[nH]3)cc2)c(Cl)c1. The van der Waals surface area contributed by atoms with Crippen LogP contribution in [0.1, 0.15) is 23.0 Å². The molecule has 2 N–H and O–H groups in total. The van der Waals surface area contributed by atoms with Crippen LogP contribution in [0.4, 0.5) is 5.69 Å². The lowest BCUT2D eigenvalue weighted by Gasteiger charge is -2.10. The number of aromatic amines is 1. The minimum absolute atomic E-state index is 0.145. The predicted molar refractivity (Wildman–Crippen MR) is 131 cm³/mol. The fourth-order valence-corrected chi connectivity index (χ4v) is 3.65. The van der Waals surface area contributed by atoms with E-state index < -0.39 is 0 Å². The van der Waals surface area contributed by atoms with Gasteiger partial charge in [-0.2, -0.15) is 0 Å². The molecule has 0 radical (unpaired) electrons. The summed E-state index contributed by atoms with van der Waals surface area (Å²) in [6.45, 7) is 2.10. The number of aromatic nitrogens is 1. The first-order valence-corrected chi connectivity index (χ1v) is 11.0. The number of rotatable bonds is 8. The highest BCUT2D eigenvalue weighted by Gasteiger charge is 2.12. The molecule has 4 aromatic rings. The summed E-state index contributed by atoms with van der Waals surface area (Å²) >= 11 is 6.31. The topological polar surface area (TPSA) is 89.7 Å². The van der Waals surface area contributed by atoms with Crippen molar-refractivity contribution >= 4 is 40.1 Å². The second kappa shape index (κ2) is 10.3. The number of carbonyl (C=O) groups is 2. The summed E-state index contributed by atoms with van der Waals surface area (Å²) in [5.74, 6) is 1.17. The van der Waals surface area contributed by atoms with Crippen molar-refractivity contribution in [2.45, 2.75) is 13.3 Å². The molecule has 4 rings (SSSR count). The first-order chi connectivity index (χ1) is 16.4. The van der Waals surface area contributed by atoms with Crippen LogP contribution in [0.3, 0.4) is 0 Å². The van der Waals surface area contributed by atoms with Gasteiger partial charge in [0.05, 0.1) is 25.2 Å². The number of halogens is 1. The van der Waals surface area contributed by atoms with Crippen LogP contribution >= 0.6 is 11.6 Å². The molecule has 0 unspecified atom stereocenters. The molecule has 0 aliphatic heterocycles. The fraction of sp³-hybridized carbons (Fsp3) is 0.154. The number of hydrogen-bond donors (Lipinski definition) is 2. The molecule has 0 bridgehead atoms. The van der Waals surface area contributed by atoms with Crippen LogP contribution in [0.2, 0.25) is 5.02 Å². The molecule has 1 amide bonds. The Morgan fingerprint density at radius 3 is 2.44 bits per heavy atom. The Balaban J connectivity index is 1.39. The summed E-state index contributed by atoms with van der Waals surface area (Å²) in [4.78, 5) is 27.4. The molecule has 0 fully saturated rings. The van der Waals surface area contributed by atoms with E-state index in [4.69, 9.17) is 25.8 Å². The van der Waals surface area contributed by atoms with Crippen molar-refractivity contribution in [3.8, 4) is 17.2 Å². The average molecular weight is 479 g/mol. The zero-order chi connectivity index (χ0) is 24.1. The summed E-state index contributed by atoms with van der Waals surface area (Å²) in [6.07, 6.45) is 0.145. The van der Waals surface area contributed by atoms with Gasteiger partial charge in [-0.1, -0.05) is 17.7 Å². The van der Waals surface area contributed by atoms with Gasteiger partial charge in [0.15, 0.2) is 0 Å². The number of fused-ring (bicyclic) bond motifs is 1. The first kappa shape index (κ1) is 23.2. The van der Waals surface area contributed by atoms with Gasteiger partial charge in [0.2, 0.25) is 0 Å². The largest absolute Gasteiger partial charge is 0.497 e. The Labute approximate surface area is 201 Å². The number of hydrogen-bond acceptors (Lipinski definition) is 5. The molecule has 0 saturated heterocycles. The van der Waals surface area contributed by atoms with Crippen molar-refractivity contribution in [3.05, 3.63) is 83.0 Å². The summed E-state index contributed by atoms with van der Waals surface area (Å²) in [6, 6.07) is 19.4. The normalized spacial score (nSPS) is 10.7. The Kier molecular flexibility index (Phi) is 7.04. The number of H-pyrrole nitrogens is 1. The molecule has 0 atom stereocenters.